The molecule has 1 aromatic rings. The Labute approximate surface area is 118 Å². The van der Waals surface area contributed by atoms with Gasteiger partial charge >= 0.3 is 0 Å². The maximum absolute atomic E-state index is 13.6. The molecule has 2 rings (SSSR count). The van der Waals surface area contributed by atoms with Crippen LogP contribution in [-0.4, -0.2) is 36.6 Å². The molecule has 0 bridgehead atoms. The molecule has 0 aliphatic carbocycles. The van der Waals surface area contributed by atoms with Crippen LogP contribution in [0.4, 0.5) is 4.39 Å². The first kappa shape index (κ1) is 14.0. The summed E-state index contributed by atoms with van der Waals surface area (Å²) in [4.78, 5) is 13.6. The number of nitriles is 1. The zero-order valence-corrected chi connectivity index (χ0v) is 11.7. The van der Waals surface area contributed by atoms with Gasteiger partial charge in [0, 0.05) is 11.0 Å². The summed E-state index contributed by atoms with van der Waals surface area (Å²) in [6.07, 6.45) is -0.0521. The van der Waals surface area contributed by atoms with E-state index in [-0.39, 0.29) is 18.9 Å². The number of amides is 1. The van der Waals surface area contributed by atoms with Crippen LogP contribution in [0, 0.1) is 17.1 Å². The Balaban J connectivity index is 2.12. The molecule has 19 heavy (non-hydrogen) atoms. The number of rotatable bonds is 2. The molecular formula is C13H12BrFN2O2. The fourth-order valence-electron chi connectivity index (χ4n) is 1.95. The molecule has 0 saturated carbocycles. The average Bonchev–Trinajstić information content (AvgIpc) is 2.42. The van der Waals surface area contributed by atoms with Crippen LogP contribution in [0.3, 0.4) is 0 Å². The number of ether oxygens (including phenoxy) is 1. The lowest BCUT2D eigenvalue weighted by atomic mass is 10.1. The molecule has 1 fully saturated rings. The Morgan fingerprint density at radius 3 is 3.16 bits per heavy atom. The van der Waals surface area contributed by atoms with E-state index in [2.05, 4.69) is 15.9 Å². The number of halogens is 2. The van der Waals surface area contributed by atoms with Crippen LogP contribution in [0.2, 0.25) is 0 Å². The van der Waals surface area contributed by atoms with E-state index in [0.29, 0.717) is 18.7 Å². The molecule has 1 amide bonds. The van der Waals surface area contributed by atoms with Crippen molar-refractivity contribution in [2.75, 3.05) is 19.8 Å². The van der Waals surface area contributed by atoms with Crippen LogP contribution in [0.5, 0.6) is 0 Å². The molecule has 0 spiro atoms. The summed E-state index contributed by atoms with van der Waals surface area (Å²) in [5.41, 5.74) is 0.322. The fourth-order valence-corrected chi connectivity index (χ4v) is 2.36. The van der Waals surface area contributed by atoms with E-state index in [1.165, 1.54) is 11.0 Å². The van der Waals surface area contributed by atoms with E-state index in [0.717, 1.165) is 4.47 Å². The van der Waals surface area contributed by atoms with Gasteiger partial charge in [0.2, 0.25) is 5.91 Å². The Kier molecular flexibility index (Phi) is 4.51. The third-order valence-electron chi connectivity index (χ3n) is 2.95. The second kappa shape index (κ2) is 6.13. The number of morpholine rings is 1. The van der Waals surface area contributed by atoms with Gasteiger partial charge in [0.05, 0.1) is 25.7 Å². The minimum Gasteiger partial charge on any atom is -0.376 e. The summed E-state index contributed by atoms with van der Waals surface area (Å²) >= 11 is 3.24. The first-order chi connectivity index (χ1) is 9.11. The van der Waals surface area contributed by atoms with E-state index < -0.39 is 11.9 Å². The quantitative estimate of drug-likeness (QED) is 0.833. The topological polar surface area (TPSA) is 53.3 Å². The summed E-state index contributed by atoms with van der Waals surface area (Å²) in [6, 6.07) is 5.91. The van der Waals surface area contributed by atoms with E-state index in [9.17, 15) is 9.18 Å². The zero-order chi connectivity index (χ0) is 13.8. The average molecular weight is 327 g/mol. The minimum atomic E-state index is -0.587. The highest BCUT2D eigenvalue weighted by atomic mass is 79.9. The number of carbonyl (C=O) groups is 1. The van der Waals surface area contributed by atoms with Crippen LogP contribution in [-0.2, 0) is 16.0 Å². The maximum Gasteiger partial charge on any atom is 0.228 e. The molecule has 1 saturated heterocycles. The van der Waals surface area contributed by atoms with Gasteiger partial charge in [-0.3, -0.25) is 4.79 Å². The van der Waals surface area contributed by atoms with Gasteiger partial charge in [-0.05, 0) is 23.8 Å². The van der Waals surface area contributed by atoms with Crippen molar-refractivity contribution in [3.63, 3.8) is 0 Å². The number of carbonyl (C=O) groups excluding carboxylic acids is 1. The number of benzene rings is 1. The van der Waals surface area contributed by atoms with Crippen molar-refractivity contribution in [2.45, 2.75) is 12.5 Å². The molecule has 1 atom stereocenters. The van der Waals surface area contributed by atoms with Gasteiger partial charge in [0.25, 0.3) is 0 Å². The first-order valence-electron chi connectivity index (χ1n) is 5.82. The summed E-state index contributed by atoms with van der Waals surface area (Å²) in [7, 11) is 0. The monoisotopic (exact) mass is 326 g/mol. The molecule has 1 aromatic carbocycles. The van der Waals surface area contributed by atoms with E-state index in [1.54, 1.807) is 12.1 Å². The lowest BCUT2D eigenvalue weighted by molar-refractivity contribution is -0.137. The van der Waals surface area contributed by atoms with E-state index in [4.69, 9.17) is 10.00 Å². The Morgan fingerprint density at radius 1 is 1.63 bits per heavy atom. The normalized spacial score (nSPS) is 19.0. The van der Waals surface area contributed by atoms with Gasteiger partial charge in [-0.1, -0.05) is 15.9 Å². The highest BCUT2D eigenvalue weighted by Gasteiger charge is 2.27. The summed E-state index contributed by atoms with van der Waals surface area (Å²) < 4.78 is 19.5. The number of hydrogen-bond acceptors (Lipinski definition) is 3. The maximum atomic E-state index is 13.6. The molecule has 4 nitrogen and oxygen atoms in total. The second-order valence-electron chi connectivity index (χ2n) is 4.22. The fraction of sp³-hybridized carbons (Fsp3) is 0.385. The molecule has 1 heterocycles. The third kappa shape index (κ3) is 3.31. The van der Waals surface area contributed by atoms with Crippen LogP contribution >= 0.6 is 15.9 Å². The molecule has 0 N–H and O–H groups in total. The smallest absolute Gasteiger partial charge is 0.228 e. The van der Waals surface area contributed by atoms with Gasteiger partial charge in [0.15, 0.2) is 0 Å². The first-order valence-corrected chi connectivity index (χ1v) is 6.62. The van der Waals surface area contributed by atoms with Crippen LogP contribution in [0.15, 0.2) is 22.7 Å². The molecule has 100 valence electrons. The minimum absolute atomic E-state index is 0.0521. The van der Waals surface area contributed by atoms with Gasteiger partial charge in [0.1, 0.15) is 11.9 Å². The highest BCUT2D eigenvalue weighted by molar-refractivity contribution is 9.10. The van der Waals surface area contributed by atoms with Gasteiger partial charge in [-0.2, -0.15) is 5.26 Å². The lowest BCUT2D eigenvalue weighted by Gasteiger charge is -2.31. The van der Waals surface area contributed by atoms with Crippen LogP contribution in [0.1, 0.15) is 5.56 Å². The zero-order valence-electron chi connectivity index (χ0n) is 10.1. The predicted octanol–water partition coefficient (Wildman–Crippen LogP) is 1.88. The van der Waals surface area contributed by atoms with Crippen LogP contribution < -0.4 is 0 Å². The summed E-state index contributed by atoms with van der Waals surface area (Å²) in [5.74, 6) is -0.676. The molecule has 1 aliphatic heterocycles. The van der Waals surface area contributed by atoms with Crippen molar-refractivity contribution >= 4 is 21.8 Å². The Hall–Kier alpha value is -1.45. The largest absolute Gasteiger partial charge is 0.376 e. The van der Waals surface area contributed by atoms with Crippen molar-refractivity contribution in [1.82, 2.24) is 4.90 Å². The highest BCUT2D eigenvalue weighted by Crippen LogP contribution is 2.17. The standard InChI is InChI=1S/C13H12BrFN2O2/c14-10-1-2-12(15)9(5-10)6-13(18)17-3-4-19-8-11(17)7-16/h1-2,5,11H,3-4,6,8H2/t11-/m1/s1. The van der Waals surface area contributed by atoms with E-state index >= 15 is 0 Å². The van der Waals surface area contributed by atoms with Crippen LogP contribution in [0.25, 0.3) is 0 Å². The van der Waals surface area contributed by atoms with E-state index in [1.807, 2.05) is 6.07 Å². The number of nitrogens with zero attached hydrogens (tertiary/aromatic N) is 2. The number of hydrogen-bond donors (Lipinski definition) is 0. The molecule has 0 aromatic heterocycles. The third-order valence-corrected chi connectivity index (χ3v) is 3.44. The summed E-state index contributed by atoms with van der Waals surface area (Å²) in [5, 5.41) is 8.97. The molecule has 6 heteroatoms. The van der Waals surface area contributed by atoms with Crippen molar-refractivity contribution in [3.05, 3.63) is 34.1 Å². The second-order valence-corrected chi connectivity index (χ2v) is 5.14. The summed E-state index contributed by atoms with van der Waals surface area (Å²) in [6.45, 7) is 0.987. The predicted molar refractivity (Wildman–Crippen MR) is 69.7 cm³/mol. The van der Waals surface area contributed by atoms with Gasteiger partial charge in [-0.25, -0.2) is 4.39 Å². The van der Waals surface area contributed by atoms with Crippen molar-refractivity contribution < 1.29 is 13.9 Å². The SMILES string of the molecule is N#C[C@@H]1COCCN1C(=O)Cc1cc(Br)ccc1F. The molecule has 0 unspecified atom stereocenters. The lowest BCUT2D eigenvalue weighted by Crippen LogP contribution is -2.48. The van der Waals surface area contributed by atoms with Gasteiger partial charge in [-0.15, -0.1) is 0 Å². The molecule has 1 aliphatic rings. The van der Waals surface area contributed by atoms with Crippen molar-refractivity contribution in [3.8, 4) is 6.07 Å². The molecule has 0 radical (unpaired) electrons. The van der Waals surface area contributed by atoms with Crippen molar-refractivity contribution in [2.24, 2.45) is 0 Å². The molecular weight excluding hydrogens is 315 g/mol. The Morgan fingerprint density at radius 2 is 2.42 bits per heavy atom. The van der Waals surface area contributed by atoms with Gasteiger partial charge < -0.3 is 9.64 Å². The van der Waals surface area contributed by atoms with Crippen molar-refractivity contribution in [1.29, 1.82) is 5.26 Å². The Bertz CT molecular complexity index is 530.